The summed E-state index contributed by atoms with van der Waals surface area (Å²) >= 11 is 0. The summed E-state index contributed by atoms with van der Waals surface area (Å²) in [6.07, 6.45) is 7.13. The Morgan fingerprint density at radius 1 is 1.35 bits per heavy atom. The molecule has 2 heterocycles. The van der Waals surface area contributed by atoms with Gasteiger partial charge in [-0.3, -0.25) is 9.48 Å². The number of amides is 1. The van der Waals surface area contributed by atoms with Crippen molar-refractivity contribution in [2.45, 2.75) is 72.1 Å². The van der Waals surface area contributed by atoms with Crippen LogP contribution in [-0.4, -0.2) is 45.9 Å². The lowest BCUT2D eigenvalue weighted by Gasteiger charge is -2.39. The van der Waals surface area contributed by atoms with Crippen LogP contribution >= 0.6 is 0 Å². The molecule has 0 aromatic carbocycles. The number of hydrogen-bond acceptors (Lipinski definition) is 3. The van der Waals surface area contributed by atoms with E-state index in [1.54, 1.807) is 6.20 Å². The highest BCUT2D eigenvalue weighted by molar-refractivity contribution is 5.93. The molecule has 0 bridgehead atoms. The van der Waals surface area contributed by atoms with Gasteiger partial charge in [-0.25, -0.2) is 0 Å². The number of morpholine rings is 1. The van der Waals surface area contributed by atoms with Crippen molar-refractivity contribution in [2.75, 3.05) is 13.1 Å². The first-order chi connectivity index (χ1) is 10.9. The number of carbonyl (C=O) groups excluding carboxylic acids is 1. The molecular weight excluding hydrogens is 290 g/mol. The first-order valence-electron chi connectivity index (χ1n) is 8.91. The van der Waals surface area contributed by atoms with Gasteiger partial charge < -0.3 is 9.64 Å². The van der Waals surface area contributed by atoms with Crippen LogP contribution in [0.3, 0.4) is 0 Å². The number of aromatic nitrogens is 2. The largest absolute Gasteiger partial charge is 0.371 e. The zero-order valence-electron chi connectivity index (χ0n) is 15.2. The number of carbonyl (C=O) groups is 1. The first kappa shape index (κ1) is 18.0. The van der Waals surface area contributed by atoms with Crippen molar-refractivity contribution in [3.8, 4) is 0 Å². The van der Waals surface area contributed by atoms with Crippen LogP contribution in [-0.2, 0) is 4.74 Å². The van der Waals surface area contributed by atoms with E-state index in [2.05, 4.69) is 39.7 Å². The van der Waals surface area contributed by atoms with E-state index in [1.807, 2.05) is 15.8 Å². The summed E-state index contributed by atoms with van der Waals surface area (Å²) in [4.78, 5) is 14.8. The second kappa shape index (κ2) is 7.95. The Balaban J connectivity index is 2.09. The van der Waals surface area contributed by atoms with Crippen molar-refractivity contribution in [1.29, 1.82) is 0 Å². The third-order valence-corrected chi connectivity index (χ3v) is 4.48. The van der Waals surface area contributed by atoms with E-state index in [1.165, 1.54) is 0 Å². The summed E-state index contributed by atoms with van der Waals surface area (Å²) in [5, 5.41) is 4.29. The number of nitrogens with zero attached hydrogens (tertiary/aromatic N) is 3. The van der Waals surface area contributed by atoms with Crippen LogP contribution in [0.4, 0.5) is 0 Å². The van der Waals surface area contributed by atoms with E-state index >= 15 is 0 Å². The Morgan fingerprint density at radius 3 is 2.65 bits per heavy atom. The van der Waals surface area contributed by atoms with Crippen LogP contribution in [0.1, 0.15) is 70.3 Å². The minimum atomic E-state index is 0.0762. The molecule has 5 nitrogen and oxygen atoms in total. The molecule has 0 unspecified atom stereocenters. The van der Waals surface area contributed by atoms with Crippen LogP contribution < -0.4 is 0 Å². The fourth-order valence-electron chi connectivity index (χ4n) is 2.91. The van der Waals surface area contributed by atoms with Crippen LogP contribution in [0.2, 0.25) is 0 Å². The van der Waals surface area contributed by atoms with E-state index < -0.39 is 0 Å². The lowest BCUT2D eigenvalue weighted by atomic mass is 10.0. The molecule has 1 aromatic rings. The van der Waals surface area contributed by atoms with E-state index in [4.69, 9.17) is 4.74 Å². The van der Waals surface area contributed by atoms with E-state index in [9.17, 15) is 4.79 Å². The minimum absolute atomic E-state index is 0.0762. The Labute approximate surface area is 140 Å². The van der Waals surface area contributed by atoms with Gasteiger partial charge in [0, 0.05) is 25.3 Å². The summed E-state index contributed by atoms with van der Waals surface area (Å²) in [5.41, 5.74) is 0.678. The molecule has 1 amide bonds. The maximum atomic E-state index is 12.8. The molecule has 130 valence electrons. The van der Waals surface area contributed by atoms with Gasteiger partial charge in [-0.2, -0.15) is 5.10 Å². The van der Waals surface area contributed by atoms with Crippen molar-refractivity contribution in [2.24, 2.45) is 5.92 Å². The Hall–Kier alpha value is -1.36. The molecule has 1 fully saturated rings. The van der Waals surface area contributed by atoms with Crippen molar-refractivity contribution in [3.63, 3.8) is 0 Å². The van der Waals surface area contributed by atoms with Crippen LogP contribution in [0, 0.1) is 5.92 Å². The fraction of sp³-hybridized carbons (Fsp3) is 0.778. The van der Waals surface area contributed by atoms with Crippen molar-refractivity contribution in [3.05, 3.63) is 18.0 Å². The van der Waals surface area contributed by atoms with E-state index in [-0.39, 0.29) is 24.2 Å². The summed E-state index contributed by atoms with van der Waals surface area (Å²) in [7, 11) is 0. The highest BCUT2D eigenvalue weighted by Crippen LogP contribution is 2.22. The van der Waals surface area contributed by atoms with Gasteiger partial charge in [0.1, 0.15) is 0 Å². The highest BCUT2D eigenvalue weighted by atomic mass is 16.5. The molecule has 5 heteroatoms. The molecule has 2 atom stereocenters. The Morgan fingerprint density at radius 2 is 2.09 bits per heavy atom. The van der Waals surface area contributed by atoms with Gasteiger partial charge in [0.25, 0.3) is 5.91 Å². The highest BCUT2D eigenvalue weighted by Gasteiger charge is 2.32. The summed E-state index contributed by atoms with van der Waals surface area (Å²) in [5.74, 6) is 0.487. The second-order valence-corrected chi connectivity index (χ2v) is 7.20. The molecule has 23 heavy (non-hydrogen) atoms. The van der Waals surface area contributed by atoms with Gasteiger partial charge in [-0.1, -0.05) is 33.6 Å². The number of ether oxygens (including phenoxy) is 1. The number of unbranched alkanes of at least 4 members (excludes halogenated alkanes) is 1. The molecule has 1 aliphatic heterocycles. The molecule has 1 aliphatic rings. The monoisotopic (exact) mass is 321 g/mol. The molecule has 0 spiro atoms. The average Bonchev–Trinajstić information content (AvgIpc) is 3.02. The van der Waals surface area contributed by atoms with Gasteiger partial charge in [-0.15, -0.1) is 0 Å². The molecule has 0 aliphatic carbocycles. The zero-order valence-corrected chi connectivity index (χ0v) is 15.2. The standard InChI is InChI=1S/C18H31N3O2/c1-6-7-8-16-11-20(12-17(23-16)13(2)3)18(22)15-9-19-21(10-15)14(4)5/h9-10,13-14,16-17H,6-8,11-12H2,1-5H3/t16-,17-/m1/s1. The van der Waals surface area contributed by atoms with Crippen LogP contribution in [0.15, 0.2) is 12.4 Å². The zero-order chi connectivity index (χ0) is 17.0. The maximum Gasteiger partial charge on any atom is 0.257 e. The van der Waals surface area contributed by atoms with Gasteiger partial charge >= 0.3 is 0 Å². The summed E-state index contributed by atoms with van der Waals surface area (Å²) in [6, 6.07) is 0.266. The molecule has 2 rings (SSSR count). The fourth-order valence-corrected chi connectivity index (χ4v) is 2.91. The Kier molecular flexibility index (Phi) is 6.22. The third-order valence-electron chi connectivity index (χ3n) is 4.48. The van der Waals surface area contributed by atoms with Crippen molar-refractivity contribution >= 4 is 5.91 Å². The first-order valence-corrected chi connectivity index (χ1v) is 8.91. The lowest BCUT2D eigenvalue weighted by molar-refractivity contribution is -0.0962. The summed E-state index contributed by atoms with van der Waals surface area (Å²) in [6.45, 7) is 12.0. The van der Waals surface area contributed by atoms with Crippen molar-refractivity contribution in [1.82, 2.24) is 14.7 Å². The van der Waals surface area contributed by atoms with E-state index in [0.717, 1.165) is 19.3 Å². The molecule has 0 saturated carbocycles. The van der Waals surface area contributed by atoms with Crippen LogP contribution in [0.5, 0.6) is 0 Å². The van der Waals surface area contributed by atoms with Gasteiger partial charge in [0.15, 0.2) is 0 Å². The normalized spacial score (nSPS) is 22.1. The quantitative estimate of drug-likeness (QED) is 0.805. The summed E-state index contributed by atoms with van der Waals surface area (Å²) < 4.78 is 8.03. The third kappa shape index (κ3) is 4.56. The predicted octanol–water partition coefficient (Wildman–Crippen LogP) is 3.52. The molecular formula is C18H31N3O2. The molecule has 1 saturated heterocycles. The SMILES string of the molecule is CCCC[C@@H]1CN(C(=O)c2cnn(C(C)C)c2)C[C@H](C(C)C)O1. The van der Waals surface area contributed by atoms with Gasteiger partial charge in [-0.05, 0) is 26.2 Å². The maximum absolute atomic E-state index is 12.8. The van der Waals surface area contributed by atoms with Gasteiger partial charge in [0.05, 0.1) is 24.0 Å². The van der Waals surface area contributed by atoms with Crippen LogP contribution in [0.25, 0.3) is 0 Å². The van der Waals surface area contributed by atoms with E-state index in [0.29, 0.717) is 24.6 Å². The Bertz CT molecular complexity index is 510. The lowest BCUT2D eigenvalue weighted by Crippen LogP contribution is -2.51. The molecule has 0 N–H and O–H groups in total. The number of hydrogen-bond donors (Lipinski definition) is 0. The second-order valence-electron chi connectivity index (χ2n) is 7.20. The molecule has 0 radical (unpaired) electrons. The minimum Gasteiger partial charge on any atom is -0.371 e. The average molecular weight is 321 g/mol. The van der Waals surface area contributed by atoms with Gasteiger partial charge in [0.2, 0.25) is 0 Å². The topological polar surface area (TPSA) is 47.4 Å². The smallest absolute Gasteiger partial charge is 0.257 e. The molecule has 1 aromatic heterocycles. The number of rotatable bonds is 6. The predicted molar refractivity (Wildman–Crippen MR) is 91.5 cm³/mol. The van der Waals surface area contributed by atoms with Crippen molar-refractivity contribution < 1.29 is 9.53 Å².